The molecule has 8 nitrogen and oxygen atoms in total. The second kappa shape index (κ2) is 11.4. The fourth-order valence-corrected chi connectivity index (χ4v) is 2.72. The van der Waals surface area contributed by atoms with Crippen molar-refractivity contribution in [2.24, 2.45) is 0 Å². The highest BCUT2D eigenvalue weighted by Crippen LogP contribution is 2.13. The van der Waals surface area contributed by atoms with Crippen molar-refractivity contribution in [3.05, 3.63) is 70.9 Å². The Morgan fingerprint density at radius 3 is 2.07 bits per heavy atom. The van der Waals surface area contributed by atoms with Gasteiger partial charge in [-0.1, -0.05) is 24.3 Å². The number of benzene rings is 2. The van der Waals surface area contributed by atoms with E-state index < -0.39 is 11.9 Å². The van der Waals surface area contributed by atoms with Crippen molar-refractivity contribution in [2.45, 2.75) is 6.92 Å². The van der Waals surface area contributed by atoms with Crippen LogP contribution in [0.15, 0.2) is 48.5 Å². The zero-order valence-electron chi connectivity index (χ0n) is 16.6. The first-order valence-corrected chi connectivity index (χ1v) is 9.39. The molecule has 0 saturated carbocycles. The van der Waals surface area contributed by atoms with Gasteiger partial charge in [0.05, 0.1) is 11.1 Å². The molecule has 1 aliphatic rings. The lowest BCUT2D eigenvalue weighted by molar-refractivity contribution is 0.0695. The average molecular weight is 408 g/mol. The summed E-state index contributed by atoms with van der Waals surface area (Å²) in [6.07, 6.45) is 0. The number of carboxylic acids is 2. The second-order valence-electron chi connectivity index (χ2n) is 6.52. The first kappa shape index (κ1) is 22.6. The summed E-state index contributed by atoms with van der Waals surface area (Å²) < 4.78 is 0. The number of nitriles is 1. The van der Waals surface area contributed by atoms with Gasteiger partial charge in [0, 0.05) is 37.1 Å². The van der Waals surface area contributed by atoms with E-state index in [2.05, 4.69) is 21.7 Å². The van der Waals surface area contributed by atoms with Gasteiger partial charge < -0.3 is 25.8 Å². The number of aromatic carboxylic acids is 2. The summed E-state index contributed by atoms with van der Waals surface area (Å²) in [7, 11) is 0. The number of nitrogens with zero attached hydrogens (tertiary/aromatic N) is 1. The number of para-hydroxylation sites is 1. The molecule has 2 aromatic carbocycles. The minimum absolute atomic E-state index is 0.0111. The van der Waals surface area contributed by atoms with Crippen LogP contribution in [0.4, 0.5) is 0 Å². The zero-order chi connectivity index (χ0) is 21.9. The molecule has 1 aromatic heterocycles. The van der Waals surface area contributed by atoms with Crippen LogP contribution in [0.5, 0.6) is 0 Å². The molecule has 3 aromatic rings. The van der Waals surface area contributed by atoms with E-state index in [0.717, 1.165) is 43.1 Å². The molecule has 0 spiro atoms. The molecule has 1 aliphatic heterocycles. The lowest BCUT2D eigenvalue weighted by Crippen LogP contribution is -2.39. The van der Waals surface area contributed by atoms with Gasteiger partial charge in [0.15, 0.2) is 0 Å². The Labute approximate surface area is 174 Å². The van der Waals surface area contributed by atoms with Gasteiger partial charge in [-0.2, -0.15) is 5.26 Å². The highest BCUT2D eigenvalue weighted by Gasteiger charge is 2.10. The Hall–Kier alpha value is -3.67. The van der Waals surface area contributed by atoms with Crippen molar-refractivity contribution in [1.82, 2.24) is 15.6 Å². The Bertz CT molecular complexity index is 1000. The number of aromatic nitrogens is 1. The van der Waals surface area contributed by atoms with Crippen LogP contribution in [0.2, 0.25) is 0 Å². The van der Waals surface area contributed by atoms with Crippen molar-refractivity contribution < 1.29 is 19.8 Å². The van der Waals surface area contributed by atoms with Crippen LogP contribution in [0.25, 0.3) is 10.9 Å². The molecular weight excluding hydrogens is 384 g/mol. The molecule has 30 heavy (non-hydrogen) atoms. The Morgan fingerprint density at radius 1 is 0.933 bits per heavy atom. The molecule has 156 valence electrons. The fraction of sp³-hybridized carbons (Fsp3) is 0.227. The summed E-state index contributed by atoms with van der Waals surface area (Å²) in [5.41, 5.74) is 2.20. The Kier molecular flexibility index (Phi) is 8.56. The van der Waals surface area contributed by atoms with Gasteiger partial charge in [0.1, 0.15) is 11.8 Å². The number of carboxylic acid groups (broad SMARTS) is 2. The minimum atomic E-state index is -1.12. The van der Waals surface area contributed by atoms with Gasteiger partial charge in [-0.15, -0.1) is 0 Å². The maximum absolute atomic E-state index is 10.6. The van der Waals surface area contributed by atoms with Crippen molar-refractivity contribution in [2.75, 3.05) is 26.2 Å². The van der Waals surface area contributed by atoms with Gasteiger partial charge in [0.25, 0.3) is 0 Å². The second-order valence-corrected chi connectivity index (χ2v) is 6.52. The van der Waals surface area contributed by atoms with Crippen molar-refractivity contribution in [1.29, 1.82) is 5.26 Å². The number of nitrogens with one attached hydrogen (secondary N) is 3. The summed E-state index contributed by atoms with van der Waals surface area (Å²) in [4.78, 5) is 24.1. The van der Waals surface area contributed by atoms with Gasteiger partial charge in [-0.05, 0) is 36.8 Å². The van der Waals surface area contributed by atoms with E-state index in [1.54, 1.807) is 6.92 Å². The van der Waals surface area contributed by atoms with Gasteiger partial charge in [0.2, 0.25) is 0 Å². The molecule has 0 radical (unpaired) electrons. The van der Waals surface area contributed by atoms with Crippen LogP contribution in [0.3, 0.4) is 0 Å². The summed E-state index contributed by atoms with van der Waals surface area (Å²) in [6, 6.07) is 15.7. The predicted molar refractivity (Wildman–Crippen MR) is 114 cm³/mol. The van der Waals surface area contributed by atoms with Gasteiger partial charge >= 0.3 is 11.9 Å². The van der Waals surface area contributed by atoms with E-state index >= 15 is 0 Å². The quantitative estimate of drug-likeness (QED) is 0.439. The lowest BCUT2D eigenvalue weighted by Gasteiger charge is -2.11. The standard InChI is InChI=1S/C9H6N2.C9H8O4.C4H10N2/c10-6-8-5-7-3-1-2-4-9(7)11-8;1-5-2-3-6(8(10)11)4-7(5)9(12)13;1-2-6-4-3-5-1/h1-5,11H;2-4H,1H3,(H,10,11)(H,12,13);5-6H,1-4H2. The smallest absolute Gasteiger partial charge is 0.335 e. The molecule has 0 amide bonds. The first-order valence-electron chi connectivity index (χ1n) is 9.39. The van der Waals surface area contributed by atoms with Crippen LogP contribution in [0.1, 0.15) is 32.0 Å². The largest absolute Gasteiger partial charge is 0.478 e. The lowest BCUT2D eigenvalue weighted by atomic mass is 10.1. The third kappa shape index (κ3) is 6.74. The number of aryl methyl sites for hydroxylation is 1. The van der Waals surface area contributed by atoms with E-state index in [4.69, 9.17) is 15.5 Å². The molecule has 2 heterocycles. The SMILES string of the molecule is C1CNCCN1.Cc1ccc(C(=O)O)cc1C(=O)O.N#Cc1cc2ccccc2[nH]1. The average Bonchev–Trinajstić information content (AvgIpc) is 3.19. The van der Waals surface area contributed by atoms with Gasteiger partial charge in [-0.3, -0.25) is 0 Å². The summed E-state index contributed by atoms with van der Waals surface area (Å²) in [6.45, 7) is 6.18. The molecule has 5 N–H and O–H groups in total. The number of H-pyrrole nitrogens is 1. The predicted octanol–water partition coefficient (Wildman–Crippen LogP) is 2.61. The van der Waals surface area contributed by atoms with E-state index in [9.17, 15) is 9.59 Å². The number of rotatable bonds is 2. The molecule has 8 heteroatoms. The number of piperazine rings is 1. The van der Waals surface area contributed by atoms with Crippen molar-refractivity contribution >= 4 is 22.8 Å². The van der Waals surface area contributed by atoms with E-state index in [1.807, 2.05) is 30.3 Å². The number of aromatic amines is 1. The zero-order valence-corrected chi connectivity index (χ0v) is 16.6. The fourth-order valence-electron chi connectivity index (χ4n) is 2.72. The molecule has 0 aliphatic carbocycles. The van der Waals surface area contributed by atoms with Crippen LogP contribution in [0, 0.1) is 18.3 Å². The van der Waals surface area contributed by atoms with Crippen LogP contribution in [-0.2, 0) is 0 Å². The highest BCUT2D eigenvalue weighted by atomic mass is 16.4. The summed E-state index contributed by atoms with van der Waals surface area (Å²) in [5.74, 6) is -2.23. The van der Waals surface area contributed by atoms with Crippen molar-refractivity contribution in [3.63, 3.8) is 0 Å². The third-order valence-corrected chi connectivity index (χ3v) is 4.32. The summed E-state index contributed by atoms with van der Waals surface area (Å²) in [5, 5.41) is 33.4. The molecule has 0 atom stereocenters. The molecule has 1 saturated heterocycles. The number of hydrogen-bond acceptors (Lipinski definition) is 5. The molecule has 0 bridgehead atoms. The normalized spacial score (nSPS) is 12.5. The van der Waals surface area contributed by atoms with Crippen LogP contribution in [-0.4, -0.2) is 53.3 Å². The molecule has 0 unspecified atom stereocenters. The number of hydrogen-bond donors (Lipinski definition) is 5. The number of carbonyl (C=O) groups is 2. The topological polar surface area (TPSA) is 138 Å². The minimum Gasteiger partial charge on any atom is -0.478 e. The monoisotopic (exact) mass is 408 g/mol. The Morgan fingerprint density at radius 2 is 1.57 bits per heavy atom. The van der Waals surface area contributed by atoms with E-state index in [-0.39, 0.29) is 11.1 Å². The maximum atomic E-state index is 10.6. The van der Waals surface area contributed by atoms with Gasteiger partial charge in [-0.25, -0.2) is 9.59 Å². The highest BCUT2D eigenvalue weighted by molar-refractivity contribution is 5.94. The number of fused-ring (bicyclic) bond motifs is 1. The van der Waals surface area contributed by atoms with E-state index in [0.29, 0.717) is 11.3 Å². The van der Waals surface area contributed by atoms with Crippen LogP contribution >= 0.6 is 0 Å². The van der Waals surface area contributed by atoms with Crippen LogP contribution < -0.4 is 10.6 Å². The third-order valence-electron chi connectivity index (χ3n) is 4.32. The molecular formula is C22H24N4O4. The molecule has 1 fully saturated rings. The molecule has 4 rings (SSSR count). The summed E-state index contributed by atoms with van der Waals surface area (Å²) >= 11 is 0. The van der Waals surface area contributed by atoms with E-state index in [1.165, 1.54) is 12.1 Å². The maximum Gasteiger partial charge on any atom is 0.335 e. The van der Waals surface area contributed by atoms with Crippen molar-refractivity contribution in [3.8, 4) is 6.07 Å². The first-order chi connectivity index (χ1) is 14.4. The Balaban J connectivity index is 0.000000170.